The zero-order valence-electron chi connectivity index (χ0n) is 11.5. The standard InChI is InChI=1S/C15H22N4/c1-2-18-8-5-12(6-9-18)10-13-11-19-7-3-4-14(16)15(19)17-13/h3-4,7,11-12H,2,5-6,8-10,16H2,1H3. The van der Waals surface area contributed by atoms with E-state index in [9.17, 15) is 0 Å². The Kier molecular flexibility index (Phi) is 3.42. The molecule has 0 spiro atoms. The largest absolute Gasteiger partial charge is 0.396 e. The number of pyridine rings is 1. The maximum atomic E-state index is 5.95. The number of aromatic nitrogens is 2. The maximum Gasteiger partial charge on any atom is 0.160 e. The van der Waals surface area contributed by atoms with Crippen LogP contribution >= 0.6 is 0 Å². The van der Waals surface area contributed by atoms with Crippen molar-refractivity contribution >= 4 is 11.3 Å². The van der Waals surface area contributed by atoms with Crippen LogP contribution in [0.5, 0.6) is 0 Å². The molecule has 4 heteroatoms. The van der Waals surface area contributed by atoms with E-state index in [1.165, 1.54) is 38.2 Å². The summed E-state index contributed by atoms with van der Waals surface area (Å²) in [5, 5.41) is 0. The molecule has 19 heavy (non-hydrogen) atoms. The van der Waals surface area contributed by atoms with Crippen LogP contribution in [0.15, 0.2) is 24.5 Å². The predicted octanol–water partition coefficient (Wildman–Crippen LogP) is 2.19. The Morgan fingerprint density at radius 1 is 1.37 bits per heavy atom. The molecule has 3 rings (SSSR count). The highest BCUT2D eigenvalue weighted by atomic mass is 15.1. The fourth-order valence-corrected chi connectivity index (χ4v) is 2.99. The van der Waals surface area contributed by atoms with Crippen LogP contribution in [-0.4, -0.2) is 33.9 Å². The average molecular weight is 258 g/mol. The highest BCUT2D eigenvalue weighted by Gasteiger charge is 2.19. The van der Waals surface area contributed by atoms with E-state index in [-0.39, 0.29) is 0 Å². The number of anilines is 1. The van der Waals surface area contributed by atoms with Crippen molar-refractivity contribution in [2.75, 3.05) is 25.4 Å². The van der Waals surface area contributed by atoms with Crippen LogP contribution in [0.2, 0.25) is 0 Å². The summed E-state index contributed by atoms with van der Waals surface area (Å²) in [6, 6.07) is 3.87. The van der Waals surface area contributed by atoms with Gasteiger partial charge in [-0.1, -0.05) is 6.92 Å². The Bertz CT molecular complexity index is 552. The van der Waals surface area contributed by atoms with Crippen molar-refractivity contribution in [1.82, 2.24) is 14.3 Å². The molecule has 0 aromatic carbocycles. The fourth-order valence-electron chi connectivity index (χ4n) is 2.99. The third kappa shape index (κ3) is 2.59. The SMILES string of the molecule is CCN1CCC(Cc2cn3cccc(N)c3n2)CC1. The minimum Gasteiger partial charge on any atom is -0.396 e. The lowest BCUT2D eigenvalue weighted by molar-refractivity contribution is 0.191. The van der Waals surface area contributed by atoms with Gasteiger partial charge in [0.15, 0.2) is 5.65 Å². The second-order valence-electron chi connectivity index (χ2n) is 5.51. The van der Waals surface area contributed by atoms with Crippen LogP contribution in [0.3, 0.4) is 0 Å². The van der Waals surface area contributed by atoms with Crippen LogP contribution in [0, 0.1) is 5.92 Å². The minimum atomic E-state index is 0.759. The molecule has 1 saturated heterocycles. The quantitative estimate of drug-likeness (QED) is 0.918. The Labute approximate surface area is 114 Å². The van der Waals surface area contributed by atoms with E-state index in [2.05, 4.69) is 23.0 Å². The van der Waals surface area contributed by atoms with Crippen molar-refractivity contribution < 1.29 is 0 Å². The number of nitrogens with two attached hydrogens (primary N) is 1. The zero-order valence-corrected chi connectivity index (χ0v) is 11.5. The van der Waals surface area contributed by atoms with Gasteiger partial charge in [0.25, 0.3) is 0 Å². The van der Waals surface area contributed by atoms with Gasteiger partial charge in [0, 0.05) is 12.4 Å². The number of rotatable bonds is 3. The van der Waals surface area contributed by atoms with E-state index in [0.29, 0.717) is 0 Å². The molecule has 1 aliphatic rings. The lowest BCUT2D eigenvalue weighted by Gasteiger charge is -2.30. The van der Waals surface area contributed by atoms with Gasteiger partial charge < -0.3 is 15.0 Å². The highest BCUT2D eigenvalue weighted by molar-refractivity contribution is 5.64. The highest BCUT2D eigenvalue weighted by Crippen LogP contribution is 2.22. The monoisotopic (exact) mass is 258 g/mol. The summed E-state index contributed by atoms with van der Waals surface area (Å²) < 4.78 is 2.03. The Hall–Kier alpha value is -1.55. The van der Waals surface area contributed by atoms with E-state index < -0.39 is 0 Å². The van der Waals surface area contributed by atoms with Gasteiger partial charge in [-0.25, -0.2) is 4.98 Å². The molecule has 0 bridgehead atoms. The zero-order chi connectivity index (χ0) is 13.2. The molecule has 0 saturated carbocycles. The molecule has 0 atom stereocenters. The van der Waals surface area contributed by atoms with Crippen LogP contribution in [0.25, 0.3) is 5.65 Å². The molecule has 0 amide bonds. The van der Waals surface area contributed by atoms with Crippen LogP contribution in [0.4, 0.5) is 5.69 Å². The second kappa shape index (κ2) is 5.21. The van der Waals surface area contributed by atoms with Gasteiger partial charge >= 0.3 is 0 Å². The Balaban J connectivity index is 1.70. The fraction of sp³-hybridized carbons (Fsp3) is 0.533. The number of piperidine rings is 1. The normalized spacial score (nSPS) is 18.2. The van der Waals surface area contributed by atoms with E-state index >= 15 is 0 Å². The molecular weight excluding hydrogens is 236 g/mol. The third-order valence-corrected chi connectivity index (χ3v) is 4.22. The minimum absolute atomic E-state index is 0.759. The van der Waals surface area contributed by atoms with Gasteiger partial charge in [-0.05, 0) is 56.9 Å². The number of nitrogens with zero attached hydrogens (tertiary/aromatic N) is 3. The van der Waals surface area contributed by atoms with Gasteiger partial charge in [-0.2, -0.15) is 0 Å². The van der Waals surface area contributed by atoms with Gasteiger partial charge in [0.2, 0.25) is 0 Å². The van der Waals surface area contributed by atoms with Crippen molar-refractivity contribution in [3.63, 3.8) is 0 Å². The van der Waals surface area contributed by atoms with Crippen molar-refractivity contribution in [2.45, 2.75) is 26.2 Å². The van der Waals surface area contributed by atoms with Crippen molar-refractivity contribution in [3.8, 4) is 0 Å². The summed E-state index contributed by atoms with van der Waals surface area (Å²) in [6.45, 7) is 5.89. The number of hydrogen-bond donors (Lipinski definition) is 1. The molecule has 2 aromatic rings. The van der Waals surface area contributed by atoms with Crippen molar-refractivity contribution in [2.24, 2.45) is 5.92 Å². The summed E-state index contributed by atoms with van der Waals surface area (Å²) in [6.07, 6.45) is 7.80. The summed E-state index contributed by atoms with van der Waals surface area (Å²) in [7, 11) is 0. The van der Waals surface area contributed by atoms with Crippen LogP contribution in [0.1, 0.15) is 25.5 Å². The molecule has 0 radical (unpaired) electrons. The summed E-state index contributed by atoms with van der Waals surface area (Å²) in [5.74, 6) is 0.772. The lowest BCUT2D eigenvalue weighted by Crippen LogP contribution is -2.34. The van der Waals surface area contributed by atoms with Crippen LogP contribution in [-0.2, 0) is 6.42 Å². The first-order valence-corrected chi connectivity index (χ1v) is 7.20. The van der Waals surface area contributed by atoms with E-state index in [0.717, 1.165) is 23.7 Å². The summed E-state index contributed by atoms with van der Waals surface area (Å²) >= 11 is 0. The van der Waals surface area contributed by atoms with Crippen molar-refractivity contribution in [1.29, 1.82) is 0 Å². The molecule has 2 aromatic heterocycles. The number of imidazole rings is 1. The average Bonchev–Trinajstić information content (AvgIpc) is 2.84. The summed E-state index contributed by atoms with van der Waals surface area (Å²) in [5.41, 5.74) is 8.77. The first kappa shape index (κ1) is 12.5. The first-order valence-electron chi connectivity index (χ1n) is 7.20. The predicted molar refractivity (Wildman–Crippen MR) is 78.1 cm³/mol. The number of fused-ring (bicyclic) bond motifs is 1. The van der Waals surface area contributed by atoms with E-state index in [1.807, 2.05) is 22.7 Å². The van der Waals surface area contributed by atoms with Gasteiger partial charge in [0.05, 0.1) is 11.4 Å². The first-order chi connectivity index (χ1) is 9.26. The second-order valence-corrected chi connectivity index (χ2v) is 5.51. The van der Waals surface area contributed by atoms with Gasteiger partial charge in [-0.3, -0.25) is 0 Å². The number of likely N-dealkylation sites (tertiary alicyclic amines) is 1. The smallest absolute Gasteiger partial charge is 0.160 e. The van der Waals surface area contributed by atoms with Crippen LogP contribution < -0.4 is 5.73 Å². The van der Waals surface area contributed by atoms with Crippen molar-refractivity contribution in [3.05, 3.63) is 30.2 Å². The number of hydrogen-bond acceptors (Lipinski definition) is 3. The molecule has 1 fully saturated rings. The summed E-state index contributed by atoms with van der Waals surface area (Å²) in [4.78, 5) is 7.20. The maximum absolute atomic E-state index is 5.95. The molecule has 102 valence electrons. The third-order valence-electron chi connectivity index (χ3n) is 4.22. The van der Waals surface area contributed by atoms with E-state index in [1.54, 1.807) is 0 Å². The molecule has 0 unspecified atom stereocenters. The molecule has 2 N–H and O–H groups in total. The Morgan fingerprint density at radius 3 is 2.84 bits per heavy atom. The number of nitrogen functional groups attached to an aromatic ring is 1. The van der Waals surface area contributed by atoms with E-state index in [4.69, 9.17) is 5.73 Å². The van der Waals surface area contributed by atoms with Gasteiger partial charge in [0.1, 0.15) is 0 Å². The Morgan fingerprint density at radius 2 is 2.16 bits per heavy atom. The molecule has 3 heterocycles. The topological polar surface area (TPSA) is 46.6 Å². The molecular formula is C15H22N4. The lowest BCUT2D eigenvalue weighted by atomic mass is 9.92. The molecule has 4 nitrogen and oxygen atoms in total. The molecule has 0 aliphatic carbocycles. The molecule has 1 aliphatic heterocycles. The van der Waals surface area contributed by atoms with Gasteiger partial charge in [-0.15, -0.1) is 0 Å².